The summed E-state index contributed by atoms with van der Waals surface area (Å²) in [6, 6.07) is 40.7. The van der Waals surface area contributed by atoms with Crippen molar-refractivity contribution >= 4 is 0 Å². The largest absolute Gasteiger partial charge is 0.305 e. The number of benzene rings is 3. The maximum Gasteiger partial charge on any atom is 0.0163 e. The van der Waals surface area contributed by atoms with Gasteiger partial charge in [-0.05, 0) is 30.4 Å². The van der Waals surface area contributed by atoms with E-state index in [1.54, 1.807) is 0 Å². The Kier molecular flexibility index (Phi) is 8.62. The number of hydrogen-bond acceptors (Lipinski definition) is 2. The van der Waals surface area contributed by atoms with Gasteiger partial charge in [0.05, 0.1) is 0 Å². The molecular formula is C29H22IrN2-2. The molecule has 5 rings (SSSR count). The van der Waals surface area contributed by atoms with Crippen LogP contribution in [0.15, 0.2) is 116 Å². The molecule has 0 bridgehead atoms. The zero-order valence-electron chi connectivity index (χ0n) is 17.7. The first-order valence-corrected chi connectivity index (χ1v) is 10.2. The van der Waals surface area contributed by atoms with Gasteiger partial charge < -0.3 is 9.97 Å². The summed E-state index contributed by atoms with van der Waals surface area (Å²) < 4.78 is 0. The van der Waals surface area contributed by atoms with Gasteiger partial charge in [-0.3, -0.25) is 0 Å². The van der Waals surface area contributed by atoms with Crippen LogP contribution in [0.2, 0.25) is 0 Å². The van der Waals surface area contributed by atoms with E-state index < -0.39 is 0 Å². The molecule has 1 radical (unpaired) electrons. The van der Waals surface area contributed by atoms with Crippen LogP contribution >= 0.6 is 0 Å². The molecule has 0 spiro atoms. The molecule has 3 aromatic carbocycles. The monoisotopic (exact) mass is 591 g/mol. The number of aromatic nitrogens is 2. The average Bonchev–Trinajstić information content (AvgIpc) is 2.86. The Hall–Kier alpha value is -3.39. The third-order valence-electron chi connectivity index (χ3n) is 4.76. The molecule has 0 atom stereocenters. The second kappa shape index (κ2) is 11.9. The van der Waals surface area contributed by atoms with Crippen molar-refractivity contribution in [3.63, 3.8) is 0 Å². The summed E-state index contributed by atoms with van der Waals surface area (Å²) in [7, 11) is 0. The van der Waals surface area contributed by atoms with Crippen molar-refractivity contribution in [1.82, 2.24) is 9.97 Å². The van der Waals surface area contributed by atoms with Gasteiger partial charge >= 0.3 is 0 Å². The van der Waals surface area contributed by atoms with Gasteiger partial charge in [0.2, 0.25) is 0 Å². The standard InChI is InChI=1S/C17H12N.C12H10N.Ir/c1-2-8-14(9-3-1)15-10-4-5-11-16(15)17-12-6-7-13-18-17;1-10-7-8-13-12(9-10)11-5-3-2-4-6-11;/h1-10,12-13H;2-5,7-9H,1H3;/q2*-1;. The van der Waals surface area contributed by atoms with Crippen LogP contribution in [0.5, 0.6) is 0 Å². The molecule has 0 aliphatic heterocycles. The summed E-state index contributed by atoms with van der Waals surface area (Å²) >= 11 is 0. The molecular weight excluding hydrogens is 569 g/mol. The van der Waals surface area contributed by atoms with E-state index in [-0.39, 0.29) is 20.1 Å². The van der Waals surface area contributed by atoms with Crippen LogP contribution in [0.3, 0.4) is 0 Å². The minimum atomic E-state index is 0. The fourth-order valence-corrected chi connectivity index (χ4v) is 3.25. The molecule has 2 nitrogen and oxygen atoms in total. The molecule has 0 unspecified atom stereocenters. The first kappa shape index (κ1) is 23.3. The normalized spacial score (nSPS) is 9.78. The summed E-state index contributed by atoms with van der Waals surface area (Å²) in [5, 5.41) is 0. The van der Waals surface area contributed by atoms with E-state index in [9.17, 15) is 0 Å². The Balaban J connectivity index is 0.000000184. The van der Waals surface area contributed by atoms with Crippen molar-refractivity contribution in [2.24, 2.45) is 0 Å². The van der Waals surface area contributed by atoms with Crippen LogP contribution < -0.4 is 0 Å². The molecule has 2 heterocycles. The van der Waals surface area contributed by atoms with Crippen molar-refractivity contribution in [2.45, 2.75) is 6.92 Å². The van der Waals surface area contributed by atoms with Crippen LogP contribution in [-0.4, -0.2) is 9.97 Å². The Morgan fingerprint density at radius 1 is 0.625 bits per heavy atom. The maximum atomic E-state index is 4.40. The molecule has 5 aromatic rings. The molecule has 32 heavy (non-hydrogen) atoms. The van der Waals surface area contributed by atoms with Gasteiger partial charge in [0.25, 0.3) is 0 Å². The Morgan fingerprint density at radius 2 is 1.38 bits per heavy atom. The van der Waals surface area contributed by atoms with E-state index in [1.165, 1.54) is 11.1 Å². The molecule has 3 heteroatoms. The molecule has 0 aliphatic carbocycles. The molecule has 0 N–H and O–H groups in total. The summed E-state index contributed by atoms with van der Waals surface area (Å²) in [6.07, 6.45) is 3.64. The fourth-order valence-electron chi connectivity index (χ4n) is 3.25. The Labute approximate surface area is 203 Å². The third-order valence-corrected chi connectivity index (χ3v) is 4.76. The van der Waals surface area contributed by atoms with E-state index in [1.807, 2.05) is 91.3 Å². The van der Waals surface area contributed by atoms with Crippen molar-refractivity contribution in [2.75, 3.05) is 0 Å². The van der Waals surface area contributed by atoms with Gasteiger partial charge in [-0.25, -0.2) is 0 Å². The molecule has 0 saturated heterocycles. The molecule has 0 aliphatic rings. The van der Waals surface area contributed by atoms with E-state index in [0.29, 0.717) is 0 Å². The minimum absolute atomic E-state index is 0. The third kappa shape index (κ3) is 6.07. The first-order valence-electron chi connectivity index (χ1n) is 10.2. The van der Waals surface area contributed by atoms with Crippen molar-refractivity contribution in [3.8, 4) is 33.6 Å². The first-order chi connectivity index (χ1) is 15.3. The van der Waals surface area contributed by atoms with Gasteiger partial charge in [0, 0.05) is 32.5 Å². The van der Waals surface area contributed by atoms with Crippen LogP contribution in [-0.2, 0) is 20.1 Å². The zero-order valence-corrected chi connectivity index (χ0v) is 20.1. The van der Waals surface area contributed by atoms with Gasteiger partial charge in [-0.2, -0.15) is 0 Å². The van der Waals surface area contributed by atoms with Gasteiger partial charge in [0.15, 0.2) is 0 Å². The average molecular weight is 591 g/mol. The maximum absolute atomic E-state index is 4.40. The van der Waals surface area contributed by atoms with Gasteiger partial charge in [-0.15, -0.1) is 65.7 Å². The second-order valence-corrected chi connectivity index (χ2v) is 7.03. The van der Waals surface area contributed by atoms with Crippen LogP contribution in [0, 0.1) is 19.1 Å². The smallest absolute Gasteiger partial charge is 0.0163 e. The van der Waals surface area contributed by atoms with E-state index in [4.69, 9.17) is 0 Å². The van der Waals surface area contributed by atoms with E-state index in [0.717, 1.165) is 28.1 Å². The van der Waals surface area contributed by atoms with E-state index >= 15 is 0 Å². The summed E-state index contributed by atoms with van der Waals surface area (Å²) in [5.74, 6) is 0. The zero-order chi connectivity index (χ0) is 21.3. The van der Waals surface area contributed by atoms with Crippen LogP contribution in [0.25, 0.3) is 33.6 Å². The quantitative estimate of drug-likeness (QED) is 0.210. The predicted molar refractivity (Wildman–Crippen MR) is 127 cm³/mol. The molecule has 159 valence electrons. The Bertz CT molecular complexity index is 1170. The number of hydrogen-bond donors (Lipinski definition) is 0. The molecule has 0 saturated carbocycles. The van der Waals surface area contributed by atoms with Crippen molar-refractivity contribution in [1.29, 1.82) is 0 Å². The minimum Gasteiger partial charge on any atom is -0.305 e. The molecule has 0 amide bonds. The Morgan fingerprint density at radius 3 is 2.09 bits per heavy atom. The molecule has 2 aromatic heterocycles. The number of rotatable bonds is 3. The topological polar surface area (TPSA) is 25.8 Å². The van der Waals surface area contributed by atoms with E-state index in [2.05, 4.69) is 53.3 Å². The summed E-state index contributed by atoms with van der Waals surface area (Å²) in [4.78, 5) is 8.68. The number of nitrogens with zero attached hydrogens (tertiary/aromatic N) is 2. The van der Waals surface area contributed by atoms with Gasteiger partial charge in [-0.1, -0.05) is 65.2 Å². The van der Waals surface area contributed by atoms with Gasteiger partial charge in [0.1, 0.15) is 0 Å². The summed E-state index contributed by atoms with van der Waals surface area (Å²) in [6.45, 7) is 2.06. The van der Waals surface area contributed by atoms with Crippen LogP contribution in [0.4, 0.5) is 0 Å². The fraction of sp³-hybridized carbons (Fsp3) is 0.0345. The van der Waals surface area contributed by atoms with Crippen molar-refractivity contribution in [3.05, 3.63) is 133 Å². The number of aryl methyl sites for hydroxylation is 1. The second-order valence-electron chi connectivity index (χ2n) is 7.03. The SMILES string of the molecule is Cc1ccnc(-c2[c-]cccc2)c1.[Ir].[c-]1cccc(-c2ccccc2)c1-c1ccccn1. The molecule has 0 fully saturated rings. The predicted octanol–water partition coefficient (Wildman–Crippen LogP) is 7.07. The van der Waals surface area contributed by atoms with Crippen LogP contribution in [0.1, 0.15) is 5.56 Å². The van der Waals surface area contributed by atoms with Crippen molar-refractivity contribution < 1.29 is 20.1 Å². The number of pyridine rings is 2. The summed E-state index contributed by atoms with van der Waals surface area (Å²) in [5.41, 5.74) is 7.61.